The van der Waals surface area contributed by atoms with Crippen LogP contribution in [0.4, 0.5) is 11.4 Å². The maximum Gasteiger partial charge on any atom is 0.261 e. The first kappa shape index (κ1) is 16.0. The van der Waals surface area contributed by atoms with Gasteiger partial charge in [0.2, 0.25) is 5.91 Å². The number of aryl methyl sites for hydroxylation is 1. The van der Waals surface area contributed by atoms with Gasteiger partial charge in [-0.2, -0.15) is 0 Å². The number of nitrogens with one attached hydrogen (secondary N) is 2. The summed E-state index contributed by atoms with van der Waals surface area (Å²) in [5, 5.41) is 2.74. The van der Waals surface area contributed by atoms with Crippen molar-refractivity contribution in [1.29, 1.82) is 0 Å². The van der Waals surface area contributed by atoms with Crippen LogP contribution < -0.4 is 10.0 Å². The van der Waals surface area contributed by atoms with E-state index in [1.807, 2.05) is 0 Å². The number of carbonyl (C=O) groups excluding carboxylic acids is 1. The molecule has 1 aromatic carbocycles. The summed E-state index contributed by atoms with van der Waals surface area (Å²) in [7, 11) is -3.73. The van der Waals surface area contributed by atoms with Crippen LogP contribution in [0.15, 0.2) is 35.4 Å². The van der Waals surface area contributed by atoms with Crippen LogP contribution in [0.3, 0.4) is 0 Å². The Balaban J connectivity index is 1.61. The zero-order chi connectivity index (χ0) is 17.4. The molecule has 130 valence electrons. The first-order valence-electron chi connectivity index (χ1n) is 8.02. The lowest BCUT2D eigenvalue weighted by molar-refractivity contribution is -0.116. The molecule has 1 amide bonds. The summed E-state index contributed by atoms with van der Waals surface area (Å²) < 4.78 is 33.3. The minimum atomic E-state index is -3.73. The van der Waals surface area contributed by atoms with Crippen LogP contribution in [0.25, 0.3) is 0 Å². The molecule has 8 heteroatoms. The summed E-state index contributed by atoms with van der Waals surface area (Å²) in [6.07, 6.45) is 3.15. The Bertz CT molecular complexity index is 956. The largest absolute Gasteiger partial charge is 0.376 e. The molecule has 4 rings (SSSR count). The molecule has 0 radical (unpaired) electrons. The summed E-state index contributed by atoms with van der Waals surface area (Å²) in [5.41, 5.74) is 3.75. The number of anilines is 2. The van der Waals surface area contributed by atoms with Crippen LogP contribution in [0.1, 0.15) is 23.2 Å². The van der Waals surface area contributed by atoms with Gasteiger partial charge >= 0.3 is 0 Å². The Morgan fingerprint density at radius 3 is 2.88 bits per heavy atom. The number of hydrogen-bond donors (Lipinski definition) is 2. The SMILES string of the molecule is O=C1CCc2cc(S(=O)(=O)Nc3cnc4c(c3)COCC4)ccc2N1. The van der Waals surface area contributed by atoms with E-state index < -0.39 is 10.0 Å². The molecule has 0 bridgehead atoms. The molecule has 2 aliphatic heterocycles. The van der Waals surface area contributed by atoms with Gasteiger partial charge < -0.3 is 10.1 Å². The van der Waals surface area contributed by atoms with Crippen LogP contribution in [-0.4, -0.2) is 25.9 Å². The molecule has 0 saturated heterocycles. The van der Waals surface area contributed by atoms with Crippen molar-refractivity contribution in [2.75, 3.05) is 16.6 Å². The number of nitrogens with zero attached hydrogens (tertiary/aromatic N) is 1. The maximum absolute atomic E-state index is 12.7. The summed E-state index contributed by atoms with van der Waals surface area (Å²) in [6.45, 7) is 1.08. The van der Waals surface area contributed by atoms with Crippen molar-refractivity contribution in [2.24, 2.45) is 0 Å². The van der Waals surface area contributed by atoms with E-state index in [1.165, 1.54) is 12.3 Å². The van der Waals surface area contributed by atoms with Gasteiger partial charge in [0.05, 0.1) is 30.0 Å². The van der Waals surface area contributed by atoms with E-state index in [-0.39, 0.29) is 10.8 Å². The zero-order valence-corrected chi connectivity index (χ0v) is 14.2. The van der Waals surface area contributed by atoms with Crippen molar-refractivity contribution < 1.29 is 17.9 Å². The first-order valence-corrected chi connectivity index (χ1v) is 9.51. The van der Waals surface area contributed by atoms with E-state index in [0.29, 0.717) is 37.4 Å². The smallest absolute Gasteiger partial charge is 0.261 e. The molecule has 25 heavy (non-hydrogen) atoms. The molecule has 7 nitrogen and oxygen atoms in total. The van der Waals surface area contributed by atoms with Crippen molar-refractivity contribution in [2.45, 2.75) is 30.8 Å². The highest BCUT2D eigenvalue weighted by Gasteiger charge is 2.21. The lowest BCUT2D eigenvalue weighted by atomic mass is 10.0. The van der Waals surface area contributed by atoms with E-state index in [9.17, 15) is 13.2 Å². The van der Waals surface area contributed by atoms with E-state index in [2.05, 4.69) is 15.0 Å². The van der Waals surface area contributed by atoms with Crippen LogP contribution in [0.5, 0.6) is 0 Å². The van der Waals surface area contributed by atoms with Crippen molar-refractivity contribution in [3.05, 3.63) is 47.3 Å². The molecule has 0 unspecified atom stereocenters. The number of carbonyl (C=O) groups is 1. The number of hydrogen-bond acceptors (Lipinski definition) is 5. The number of aromatic nitrogens is 1. The van der Waals surface area contributed by atoms with Gasteiger partial charge in [0, 0.05) is 29.8 Å². The molecule has 0 atom stereocenters. The molecular formula is C17H17N3O4S. The third kappa shape index (κ3) is 3.22. The van der Waals surface area contributed by atoms with Crippen molar-refractivity contribution in [1.82, 2.24) is 4.98 Å². The molecular weight excluding hydrogens is 342 g/mol. The zero-order valence-electron chi connectivity index (χ0n) is 13.4. The monoisotopic (exact) mass is 359 g/mol. The topological polar surface area (TPSA) is 97.4 Å². The molecule has 0 spiro atoms. The number of fused-ring (bicyclic) bond motifs is 2. The van der Waals surface area contributed by atoms with Crippen LogP contribution in [0, 0.1) is 0 Å². The fourth-order valence-corrected chi connectivity index (χ4v) is 4.12. The van der Waals surface area contributed by atoms with Gasteiger partial charge in [-0.15, -0.1) is 0 Å². The average molecular weight is 359 g/mol. The highest BCUT2D eigenvalue weighted by atomic mass is 32.2. The van der Waals surface area contributed by atoms with E-state index in [4.69, 9.17) is 4.74 Å². The molecule has 2 aliphatic rings. The van der Waals surface area contributed by atoms with E-state index in [1.54, 1.807) is 18.2 Å². The lowest BCUT2D eigenvalue weighted by Crippen LogP contribution is -2.20. The Morgan fingerprint density at radius 2 is 2.00 bits per heavy atom. The molecule has 0 saturated carbocycles. The summed E-state index contributed by atoms with van der Waals surface area (Å²) >= 11 is 0. The van der Waals surface area contributed by atoms with Crippen molar-refractivity contribution >= 4 is 27.3 Å². The standard InChI is InChI=1S/C17H17N3O4S/c21-17-4-1-11-8-14(2-3-16(11)19-17)25(22,23)20-13-7-12-10-24-6-5-15(12)18-9-13/h2-3,7-9,20H,1,4-6,10H2,(H,19,21). The van der Waals surface area contributed by atoms with Crippen LogP contribution in [-0.2, 0) is 39.0 Å². The predicted octanol–water partition coefficient (Wildman–Crippen LogP) is 1.84. The second-order valence-corrected chi connectivity index (χ2v) is 7.79. The molecule has 3 heterocycles. The molecule has 2 aromatic rings. The first-order chi connectivity index (χ1) is 12.0. The van der Waals surface area contributed by atoms with Gasteiger partial charge in [-0.25, -0.2) is 8.42 Å². The second-order valence-electron chi connectivity index (χ2n) is 6.11. The number of sulfonamides is 1. The number of ether oxygens (including phenoxy) is 1. The maximum atomic E-state index is 12.7. The van der Waals surface area contributed by atoms with Crippen molar-refractivity contribution in [3.63, 3.8) is 0 Å². The van der Waals surface area contributed by atoms with Crippen LogP contribution >= 0.6 is 0 Å². The second kappa shape index (κ2) is 6.12. The quantitative estimate of drug-likeness (QED) is 0.871. The molecule has 0 aliphatic carbocycles. The van der Waals surface area contributed by atoms with Gasteiger partial charge in [-0.3, -0.25) is 14.5 Å². The number of rotatable bonds is 3. The fourth-order valence-electron chi connectivity index (χ4n) is 3.04. The predicted molar refractivity (Wildman–Crippen MR) is 91.8 cm³/mol. The van der Waals surface area contributed by atoms with Gasteiger partial charge in [0.1, 0.15) is 0 Å². The van der Waals surface area contributed by atoms with Crippen LogP contribution in [0.2, 0.25) is 0 Å². The Labute approximate surface area is 145 Å². The fraction of sp³-hybridized carbons (Fsp3) is 0.294. The Hall–Kier alpha value is -2.45. The third-order valence-corrected chi connectivity index (χ3v) is 5.71. The Morgan fingerprint density at radius 1 is 1.12 bits per heavy atom. The van der Waals surface area contributed by atoms with Gasteiger partial charge in [0.15, 0.2) is 0 Å². The highest BCUT2D eigenvalue weighted by Crippen LogP contribution is 2.27. The van der Waals surface area contributed by atoms with Gasteiger partial charge in [-0.05, 0) is 36.2 Å². The summed E-state index contributed by atoms with van der Waals surface area (Å²) in [5.74, 6) is -0.0522. The summed E-state index contributed by atoms with van der Waals surface area (Å²) in [6, 6.07) is 6.48. The van der Waals surface area contributed by atoms with Gasteiger partial charge in [-0.1, -0.05) is 0 Å². The highest BCUT2D eigenvalue weighted by molar-refractivity contribution is 7.92. The number of benzene rings is 1. The van der Waals surface area contributed by atoms with E-state index in [0.717, 1.165) is 23.2 Å². The molecule has 2 N–H and O–H groups in total. The van der Waals surface area contributed by atoms with E-state index >= 15 is 0 Å². The number of amides is 1. The van der Waals surface area contributed by atoms with Crippen molar-refractivity contribution in [3.8, 4) is 0 Å². The average Bonchev–Trinajstić information content (AvgIpc) is 2.60. The minimum absolute atomic E-state index is 0.0522. The lowest BCUT2D eigenvalue weighted by Gasteiger charge is -2.18. The normalized spacial score (nSPS) is 16.6. The number of pyridine rings is 1. The Kier molecular flexibility index (Phi) is 3.93. The van der Waals surface area contributed by atoms with Gasteiger partial charge in [0.25, 0.3) is 10.0 Å². The molecule has 1 aromatic heterocycles. The third-order valence-electron chi connectivity index (χ3n) is 4.34. The minimum Gasteiger partial charge on any atom is -0.376 e. The summed E-state index contributed by atoms with van der Waals surface area (Å²) in [4.78, 5) is 15.9. The molecule has 0 fully saturated rings.